The zero-order chi connectivity index (χ0) is 16.4. The summed E-state index contributed by atoms with van der Waals surface area (Å²) in [6.45, 7) is 2.50. The Hall–Kier alpha value is -2.21. The van der Waals surface area contributed by atoms with Crippen molar-refractivity contribution < 1.29 is 9.59 Å². The minimum absolute atomic E-state index is 0.00639. The van der Waals surface area contributed by atoms with Gasteiger partial charge in [0, 0.05) is 41.1 Å². The van der Waals surface area contributed by atoms with Gasteiger partial charge in [-0.15, -0.1) is 11.8 Å². The maximum Gasteiger partial charge on any atom is 0.251 e. The SMILES string of the molecule is Cc1ccc(CNC(=O)c2ccc3c(c2)NC(=O)CCS3)n1C. The summed E-state index contributed by atoms with van der Waals surface area (Å²) in [7, 11) is 1.98. The van der Waals surface area contributed by atoms with Crippen LogP contribution in [0.2, 0.25) is 0 Å². The van der Waals surface area contributed by atoms with Gasteiger partial charge in [0.25, 0.3) is 5.91 Å². The van der Waals surface area contributed by atoms with E-state index in [1.165, 1.54) is 0 Å². The van der Waals surface area contributed by atoms with E-state index in [1.54, 1.807) is 23.9 Å². The molecule has 23 heavy (non-hydrogen) atoms. The molecule has 0 saturated heterocycles. The van der Waals surface area contributed by atoms with Crippen LogP contribution >= 0.6 is 11.8 Å². The normalized spacial score (nSPS) is 13.9. The predicted octanol–water partition coefficient (Wildman–Crippen LogP) is 2.70. The molecular formula is C17H19N3O2S. The van der Waals surface area contributed by atoms with Crippen LogP contribution in [0.15, 0.2) is 35.2 Å². The van der Waals surface area contributed by atoms with Crippen molar-refractivity contribution in [3.8, 4) is 0 Å². The Morgan fingerprint density at radius 1 is 1.35 bits per heavy atom. The van der Waals surface area contributed by atoms with Crippen molar-refractivity contribution in [3.05, 3.63) is 47.3 Å². The summed E-state index contributed by atoms with van der Waals surface area (Å²) in [5.41, 5.74) is 3.48. The number of amides is 2. The molecule has 2 aromatic rings. The van der Waals surface area contributed by atoms with Gasteiger partial charge >= 0.3 is 0 Å². The average molecular weight is 329 g/mol. The molecule has 0 bridgehead atoms. The fraction of sp³-hybridized carbons (Fsp3) is 0.294. The molecule has 3 rings (SSSR count). The summed E-state index contributed by atoms with van der Waals surface area (Å²) >= 11 is 1.63. The third kappa shape index (κ3) is 3.42. The number of benzene rings is 1. The van der Waals surface area contributed by atoms with Crippen LogP contribution < -0.4 is 10.6 Å². The smallest absolute Gasteiger partial charge is 0.251 e. The van der Waals surface area contributed by atoms with Crippen molar-refractivity contribution in [2.24, 2.45) is 7.05 Å². The summed E-state index contributed by atoms with van der Waals surface area (Å²) in [4.78, 5) is 25.0. The van der Waals surface area contributed by atoms with Crippen molar-refractivity contribution in [3.63, 3.8) is 0 Å². The van der Waals surface area contributed by atoms with E-state index >= 15 is 0 Å². The highest BCUT2D eigenvalue weighted by molar-refractivity contribution is 7.99. The first kappa shape index (κ1) is 15.7. The molecule has 0 aliphatic carbocycles. The Morgan fingerprint density at radius 3 is 2.91 bits per heavy atom. The molecule has 2 amide bonds. The minimum atomic E-state index is -0.143. The summed E-state index contributed by atoms with van der Waals surface area (Å²) in [5.74, 6) is 0.611. The van der Waals surface area contributed by atoms with Crippen LogP contribution in [-0.2, 0) is 18.4 Å². The Balaban J connectivity index is 1.72. The lowest BCUT2D eigenvalue weighted by molar-refractivity contribution is -0.115. The highest BCUT2D eigenvalue weighted by atomic mass is 32.2. The van der Waals surface area contributed by atoms with Crippen molar-refractivity contribution in [2.45, 2.75) is 24.8 Å². The molecule has 0 atom stereocenters. The van der Waals surface area contributed by atoms with E-state index < -0.39 is 0 Å². The Bertz CT molecular complexity index is 767. The fourth-order valence-corrected chi connectivity index (χ4v) is 3.42. The van der Waals surface area contributed by atoms with Crippen LogP contribution in [0, 0.1) is 6.92 Å². The Morgan fingerprint density at radius 2 is 2.17 bits per heavy atom. The van der Waals surface area contributed by atoms with E-state index in [4.69, 9.17) is 0 Å². The highest BCUT2D eigenvalue weighted by Gasteiger charge is 2.16. The van der Waals surface area contributed by atoms with Crippen molar-refractivity contribution >= 4 is 29.3 Å². The van der Waals surface area contributed by atoms with E-state index in [2.05, 4.69) is 10.6 Å². The van der Waals surface area contributed by atoms with E-state index in [9.17, 15) is 9.59 Å². The number of anilines is 1. The molecule has 1 aliphatic heterocycles. The molecular weight excluding hydrogens is 310 g/mol. The van der Waals surface area contributed by atoms with Gasteiger partial charge in [0.15, 0.2) is 0 Å². The molecule has 0 saturated carbocycles. The van der Waals surface area contributed by atoms with Crippen LogP contribution in [0.3, 0.4) is 0 Å². The topological polar surface area (TPSA) is 63.1 Å². The number of rotatable bonds is 3. The van der Waals surface area contributed by atoms with E-state index in [-0.39, 0.29) is 11.8 Å². The first-order valence-electron chi connectivity index (χ1n) is 7.50. The van der Waals surface area contributed by atoms with Crippen molar-refractivity contribution in [1.82, 2.24) is 9.88 Å². The molecule has 1 aromatic carbocycles. The van der Waals surface area contributed by atoms with E-state index in [1.807, 2.05) is 36.7 Å². The number of fused-ring (bicyclic) bond motifs is 1. The van der Waals surface area contributed by atoms with Gasteiger partial charge in [0.05, 0.1) is 12.2 Å². The Labute approximate surface area is 139 Å². The summed E-state index contributed by atoms with van der Waals surface area (Å²) < 4.78 is 2.05. The standard InChI is InChI=1S/C17H19N3O2S/c1-11-3-5-13(20(11)2)10-18-17(22)12-4-6-15-14(9-12)19-16(21)7-8-23-15/h3-6,9H,7-8,10H2,1-2H3,(H,18,22)(H,19,21). The average Bonchev–Trinajstić information content (AvgIpc) is 2.74. The van der Waals surface area contributed by atoms with Gasteiger partial charge in [-0.05, 0) is 37.3 Å². The number of nitrogens with one attached hydrogen (secondary N) is 2. The van der Waals surface area contributed by atoms with Crippen LogP contribution in [-0.4, -0.2) is 22.1 Å². The first-order chi connectivity index (χ1) is 11.0. The molecule has 5 nitrogen and oxygen atoms in total. The van der Waals surface area contributed by atoms with Gasteiger partial charge in [0.1, 0.15) is 0 Å². The molecule has 0 spiro atoms. The third-order valence-electron chi connectivity index (χ3n) is 4.01. The number of nitrogens with zero attached hydrogens (tertiary/aromatic N) is 1. The van der Waals surface area contributed by atoms with Crippen LogP contribution in [0.4, 0.5) is 5.69 Å². The van der Waals surface area contributed by atoms with Gasteiger partial charge in [-0.25, -0.2) is 0 Å². The molecule has 2 N–H and O–H groups in total. The van der Waals surface area contributed by atoms with Crippen LogP contribution in [0.1, 0.15) is 28.2 Å². The fourth-order valence-electron chi connectivity index (χ4n) is 2.48. The molecule has 2 heterocycles. The molecule has 0 unspecified atom stereocenters. The number of hydrogen-bond donors (Lipinski definition) is 2. The Kier molecular flexibility index (Phi) is 4.43. The lowest BCUT2D eigenvalue weighted by Gasteiger charge is -2.10. The molecule has 6 heteroatoms. The van der Waals surface area contributed by atoms with E-state index in [0.29, 0.717) is 18.5 Å². The van der Waals surface area contributed by atoms with Gasteiger partial charge in [-0.3, -0.25) is 9.59 Å². The largest absolute Gasteiger partial charge is 0.350 e. The van der Waals surface area contributed by atoms with Gasteiger partial charge in [0.2, 0.25) is 5.91 Å². The number of aryl methyl sites for hydroxylation is 1. The summed E-state index contributed by atoms with van der Waals surface area (Å²) in [6.07, 6.45) is 0.494. The number of carbonyl (C=O) groups is 2. The highest BCUT2D eigenvalue weighted by Crippen LogP contribution is 2.31. The number of aromatic nitrogens is 1. The third-order valence-corrected chi connectivity index (χ3v) is 5.08. The lowest BCUT2D eigenvalue weighted by atomic mass is 10.2. The van der Waals surface area contributed by atoms with Crippen LogP contribution in [0.25, 0.3) is 0 Å². The van der Waals surface area contributed by atoms with Crippen molar-refractivity contribution in [1.29, 1.82) is 0 Å². The van der Waals surface area contributed by atoms with Crippen molar-refractivity contribution in [2.75, 3.05) is 11.1 Å². The van der Waals surface area contributed by atoms with E-state index in [0.717, 1.165) is 27.7 Å². The lowest BCUT2D eigenvalue weighted by Crippen LogP contribution is -2.24. The monoisotopic (exact) mass is 329 g/mol. The van der Waals surface area contributed by atoms with Gasteiger partial charge in [-0.1, -0.05) is 0 Å². The molecule has 0 fully saturated rings. The predicted molar refractivity (Wildman–Crippen MR) is 91.7 cm³/mol. The molecule has 120 valence electrons. The molecule has 1 aromatic heterocycles. The summed E-state index contributed by atoms with van der Waals surface area (Å²) in [5, 5.41) is 5.78. The zero-order valence-electron chi connectivity index (χ0n) is 13.2. The molecule has 0 radical (unpaired) electrons. The second kappa shape index (κ2) is 6.50. The maximum atomic E-state index is 12.3. The second-order valence-electron chi connectivity index (χ2n) is 5.57. The second-order valence-corrected chi connectivity index (χ2v) is 6.70. The zero-order valence-corrected chi connectivity index (χ0v) is 14.0. The molecule has 1 aliphatic rings. The summed E-state index contributed by atoms with van der Waals surface area (Å²) in [6, 6.07) is 9.47. The number of carbonyl (C=O) groups excluding carboxylic acids is 2. The number of thioether (sulfide) groups is 1. The minimum Gasteiger partial charge on any atom is -0.350 e. The first-order valence-corrected chi connectivity index (χ1v) is 8.49. The van der Waals surface area contributed by atoms with Gasteiger partial charge < -0.3 is 15.2 Å². The maximum absolute atomic E-state index is 12.3. The van der Waals surface area contributed by atoms with Gasteiger partial charge in [-0.2, -0.15) is 0 Å². The number of hydrogen-bond acceptors (Lipinski definition) is 3. The van der Waals surface area contributed by atoms with Crippen LogP contribution in [0.5, 0.6) is 0 Å². The quantitative estimate of drug-likeness (QED) is 0.910.